The molecule has 1 aromatic carbocycles. The van der Waals surface area contributed by atoms with Crippen LogP contribution in [0.2, 0.25) is 0 Å². The van der Waals surface area contributed by atoms with Crippen molar-refractivity contribution < 1.29 is 14.7 Å². The van der Waals surface area contributed by atoms with E-state index in [0.29, 0.717) is 6.42 Å². The standard InChI is InChI=1S/C13H11NO3/c15-12-8-10-7-9(5-6-11(10)14-12)3-1-2-4-13(16)17/h1-7H,8H2,(H,14,15)(H,16,17)/b3-1+,4-2+. The Morgan fingerprint density at radius 2 is 2.18 bits per heavy atom. The Labute approximate surface area is 98.3 Å². The van der Waals surface area contributed by atoms with Gasteiger partial charge in [-0.3, -0.25) is 4.79 Å². The third-order valence-corrected chi connectivity index (χ3v) is 2.39. The summed E-state index contributed by atoms with van der Waals surface area (Å²) in [5, 5.41) is 11.2. The summed E-state index contributed by atoms with van der Waals surface area (Å²) in [5.74, 6) is -0.967. The number of carbonyl (C=O) groups excluding carboxylic acids is 1. The molecule has 2 rings (SSSR count). The van der Waals surface area contributed by atoms with Gasteiger partial charge >= 0.3 is 5.97 Å². The summed E-state index contributed by atoms with van der Waals surface area (Å²) >= 11 is 0. The summed E-state index contributed by atoms with van der Waals surface area (Å²) in [7, 11) is 0. The molecule has 17 heavy (non-hydrogen) atoms. The minimum Gasteiger partial charge on any atom is -0.478 e. The topological polar surface area (TPSA) is 66.4 Å². The number of carboxylic acids is 1. The number of amides is 1. The van der Waals surface area contributed by atoms with Gasteiger partial charge in [0, 0.05) is 11.8 Å². The Balaban J connectivity index is 2.11. The van der Waals surface area contributed by atoms with Crippen molar-refractivity contribution in [2.24, 2.45) is 0 Å². The molecule has 86 valence electrons. The maximum absolute atomic E-state index is 11.1. The van der Waals surface area contributed by atoms with Crippen LogP contribution in [0.3, 0.4) is 0 Å². The summed E-state index contributed by atoms with van der Waals surface area (Å²) in [6.45, 7) is 0. The predicted molar refractivity (Wildman–Crippen MR) is 64.6 cm³/mol. The van der Waals surface area contributed by atoms with Crippen LogP contribution in [0, 0.1) is 0 Å². The minimum atomic E-state index is -0.974. The Morgan fingerprint density at radius 3 is 2.94 bits per heavy atom. The molecular formula is C13H11NO3. The van der Waals surface area contributed by atoms with E-state index in [-0.39, 0.29) is 5.91 Å². The summed E-state index contributed by atoms with van der Waals surface area (Å²) in [6.07, 6.45) is 6.37. The van der Waals surface area contributed by atoms with Gasteiger partial charge in [0.1, 0.15) is 0 Å². The van der Waals surface area contributed by atoms with Crippen molar-refractivity contribution in [1.29, 1.82) is 0 Å². The summed E-state index contributed by atoms with van der Waals surface area (Å²) in [6, 6.07) is 5.63. The van der Waals surface area contributed by atoms with Crippen molar-refractivity contribution in [1.82, 2.24) is 0 Å². The van der Waals surface area contributed by atoms with Gasteiger partial charge in [0.15, 0.2) is 0 Å². The van der Waals surface area contributed by atoms with Gasteiger partial charge in [-0.05, 0) is 23.3 Å². The van der Waals surface area contributed by atoms with Crippen molar-refractivity contribution in [2.45, 2.75) is 6.42 Å². The van der Waals surface area contributed by atoms with Crippen molar-refractivity contribution in [2.75, 3.05) is 5.32 Å². The van der Waals surface area contributed by atoms with Crippen LogP contribution in [0.15, 0.2) is 36.4 Å². The second kappa shape index (κ2) is 4.65. The number of carbonyl (C=O) groups is 2. The van der Waals surface area contributed by atoms with E-state index in [9.17, 15) is 9.59 Å². The predicted octanol–water partition coefficient (Wildman–Crippen LogP) is 1.84. The maximum atomic E-state index is 11.1. The molecule has 0 atom stereocenters. The molecule has 1 amide bonds. The molecule has 1 aliphatic heterocycles. The number of fused-ring (bicyclic) bond motifs is 1. The lowest BCUT2D eigenvalue weighted by atomic mass is 10.1. The Morgan fingerprint density at radius 1 is 1.35 bits per heavy atom. The van der Waals surface area contributed by atoms with Crippen molar-refractivity contribution in [3.05, 3.63) is 47.6 Å². The fourth-order valence-electron chi connectivity index (χ4n) is 1.66. The van der Waals surface area contributed by atoms with E-state index >= 15 is 0 Å². The van der Waals surface area contributed by atoms with Crippen LogP contribution in [0.4, 0.5) is 5.69 Å². The van der Waals surface area contributed by atoms with Crippen LogP contribution in [0.1, 0.15) is 11.1 Å². The number of hydrogen-bond acceptors (Lipinski definition) is 2. The highest BCUT2D eigenvalue weighted by Gasteiger charge is 2.16. The second-order valence-corrected chi connectivity index (χ2v) is 3.70. The van der Waals surface area contributed by atoms with E-state index in [1.54, 1.807) is 12.2 Å². The van der Waals surface area contributed by atoms with Crippen LogP contribution in [0.25, 0.3) is 6.08 Å². The van der Waals surface area contributed by atoms with Crippen molar-refractivity contribution in [3.63, 3.8) is 0 Å². The molecule has 0 radical (unpaired) electrons. The lowest BCUT2D eigenvalue weighted by Gasteiger charge is -1.98. The first-order valence-electron chi connectivity index (χ1n) is 5.15. The van der Waals surface area contributed by atoms with Gasteiger partial charge in [-0.25, -0.2) is 4.79 Å². The number of nitrogens with one attached hydrogen (secondary N) is 1. The fourth-order valence-corrected chi connectivity index (χ4v) is 1.66. The molecule has 0 unspecified atom stereocenters. The van der Waals surface area contributed by atoms with Crippen LogP contribution >= 0.6 is 0 Å². The van der Waals surface area contributed by atoms with E-state index in [1.807, 2.05) is 18.2 Å². The molecular weight excluding hydrogens is 218 g/mol. The van der Waals surface area contributed by atoms with Crippen LogP contribution in [-0.2, 0) is 16.0 Å². The molecule has 0 bridgehead atoms. The first-order chi connectivity index (χ1) is 8.15. The third kappa shape index (κ3) is 2.81. The van der Waals surface area contributed by atoms with Gasteiger partial charge in [-0.2, -0.15) is 0 Å². The average Bonchev–Trinajstić information content (AvgIpc) is 2.63. The Kier molecular flexibility index (Phi) is 3.05. The van der Waals surface area contributed by atoms with Gasteiger partial charge in [0.05, 0.1) is 6.42 Å². The van der Waals surface area contributed by atoms with E-state index in [4.69, 9.17) is 5.11 Å². The third-order valence-electron chi connectivity index (χ3n) is 2.39. The second-order valence-electron chi connectivity index (χ2n) is 3.70. The lowest BCUT2D eigenvalue weighted by Crippen LogP contribution is -2.03. The van der Waals surface area contributed by atoms with Gasteiger partial charge in [-0.15, -0.1) is 0 Å². The van der Waals surface area contributed by atoms with E-state index in [2.05, 4.69) is 5.32 Å². The van der Waals surface area contributed by atoms with Crippen LogP contribution in [0.5, 0.6) is 0 Å². The lowest BCUT2D eigenvalue weighted by molar-refractivity contribution is -0.131. The number of anilines is 1. The zero-order chi connectivity index (χ0) is 12.3. The zero-order valence-corrected chi connectivity index (χ0v) is 9.01. The SMILES string of the molecule is O=C(O)/C=C/C=C/c1ccc2c(c1)CC(=O)N2. The highest BCUT2D eigenvalue weighted by molar-refractivity contribution is 5.99. The molecule has 0 saturated heterocycles. The van der Waals surface area contributed by atoms with Crippen molar-refractivity contribution in [3.8, 4) is 0 Å². The number of rotatable bonds is 3. The molecule has 0 aromatic heterocycles. The van der Waals surface area contributed by atoms with Gasteiger partial charge in [0.25, 0.3) is 0 Å². The quantitative estimate of drug-likeness (QED) is 0.614. The normalized spacial score (nSPS) is 14.2. The number of hydrogen-bond donors (Lipinski definition) is 2. The van der Waals surface area contributed by atoms with E-state index < -0.39 is 5.97 Å². The monoisotopic (exact) mass is 229 g/mol. The zero-order valence-electron chi connectivity index (χ0n) is 9.01. The van der Waals surface area contributed by atoms with Crippen LogP contribution in [-0.4, -0.2) is 17.0 Å². The first kappa shape index (κ1) is 11.1. The summed E-state index contributed by atoms with van der Waals surface area (Å²) < 4.78 is 0. The van der Waals surface area contributed by atoms with Gasteiger partial charge in [0.2, 0.25) is 5.91 Å². The Hall–Kier alpha value is -2.36. The van der Waals surface area contributed by atoms with Gasteiger partial charge in [-0.1, -0.05) is 24.3 Å². The number of benzene rings is 1. The Bertz CT molecular complexity index is 529. The molecule has 4 nitrogen and oxygen atoms in total. The van der Waals surface area contributed by atoms with E-state index in [1.165, 1.54) is 6.08 Å². The highest BCUT2D eigenvalue weighted by Crippen LogP contribution is 2.24. The largest absolute Gasteiger partial charge is 0.478 e. The molecule has 0 saturated carbocycles. The van der Waals surface area contributed by atoms with Gasteiger partial charge < -0.3 is 10.4 Å². The first-order valence-corrected chi connectivity index (χ1v) is 5.15. The van der Waals surface area contributed by atoms with Crippen LogP contribution < -0.4 is 5.32 Å². The molecule has 2 N–H and O–H groups in total. The highest BCUT2D eigenvalue weighted by atomic mass is 16.4. The minimum absolute atomic E-state index is 0.00639. The number of carboxylic acid groups (broad SMARTS) is 1. The molecule has 0 spiro atoms. The number of allylic oxidation sites excluding steroid dienone is 2. The van der Waals surface area contributed by atoms with Crippen molar-refractivity contribution >= 4 is 23.6 Å². The molecule has 1 aromatic rings. The fraction of sp³-hybridized carbons (Fsp3) is 0.0769. The molecule has 1 heterocycles. The molecule has 1 aliphatic rings. The molecule has 0 fully saturated rings. The number of aliphatic carboxylic acids is 1. The maximum Gasteiger partial charge on any atom is 0.328 e. The average molecular weight is 229 g/mol. The van der Waals surface area contributed by atoms with E-state index in [0.717, 1.165) is 22.9 Å². The smallest absolute Gasteiger partial charge is 0.328 e. The molecule has 4 heteroatoms. The summed E-state index contributed by atoms with van der Waals surface area (Å²) in [5.41, 5.74) is 2.77. The summed E-state index contributed by atoms with van der Waals surface area (Å²) in [4.78, 5) is 21.4. The molecule has 0 aliphatic carbocycles.